The summed E-state index contributed by atoms with van der Waals surface area (Å²) in [5, 5.41) is 3.92. The smallest absolute Gasteiger partial charge is 0.277 e. The second-order valence-electron chi connectivity index (χ2n) is 5.19. The van der Waals surface area contributed by atoms with Crippen LogP contribution in [0.4, 0.5) is 0 Å². The Morgan fingerprint density at radius 3 is 2.44 bits per heavy atom. The fourth-order valence-corrected chi connectivity index (χ4v) is 2.10. The van der Waals surface area contributed by atoms with Crippen molar-refractivity contribution in [1.82, 2.24) is 5.43 Å². The fraction of sp³-hybridized carbons (Fsp3) is 0.263. The van der Waals surface area contributed by atoms with E-state index in [1.165, 1.54) is 11.8 Å². The second-order valence-corrected chi connectivity index (χ2v) is 5.19. The predicted octanol–water partition coefficient (Wildman–Crippen LogP) is 2.80. The summed E-state index contributed by atoms with van der Waals surface area (Å²) in [7, 11) is 3.14. The highest BCUT2D eigenvalue weighted by Crippen LogP contribution is 2.22. The molecule has 2 aromatic rings. The van der Waals surface area contributed by atoms with E-state index in [1.807, 2.05) is 24.3 Å². The fourth-order valence-electron chi connectivity index (χ4n) is 2.10. The Kier molecular flexibility index (Phi) is 6.83. The Morgan fingerprint density at radius 1 is 1.08 bits per heavy atom. The molecule has 25 heavy (non-hydrogen) atoms. The summed E-state index contributed by atoms with van der Waals surface area (Å²) in [5.41, 5.74) is 4.36. The van der Waals surface area contributed by atoms with Crippen molar-refractivity contribution in [2.45, 2.75) is 13.3 Å². The predicted molar refractivity (Wildman–Crippen MR) is 96.6 cm³/mol. The van der Waals surface area contributed by atoms with Crippen LogP contribution >= 0.6 is 0 Å². The van der Waals surface area contributed by atoms with Crippen LogP contribution in [-0.2, 0) is 11.2 Å². The van der Waals surface area contributed by atoms with E-state index in [0.29, 0.717) is 17.2 Å². The Labute approximate surface area is 147 Å². The first-order valence-corrected chi connectivity index (χ1v) is 7.92. The Balaban J connectivity index is 1.85. The summed E-state index contributed by atoms with van der Waals surface area (Å²) < 4.78 is 15.8. The lowest BCUT2D eigenvalue weighted by molar-refractivity contribution is -0.123. The molecule has 0 radical (unpaired) electrons. The molecule has 1 amide bonds. The van der Waals surface area contributed by atoms with Crippen molar-refractivity contribution < 1.29 is 19.0 Å². The molecular weight excluding hydrogens is 320 g/mol. The molecule has 2 rings (SSSR count). The van der Waals surface area contributed by atoms with Crippen LogP contribution in [0, 0.1) is 0 Å². The number of hydrogen-bond donors (Lipinski definition) is 1. The third-order valence-corrected chi connectivity index (χ3v) is 3.54. The zero-order valence-electron chi connectivity index (χ0n) is 14.6. The Hall–Kier alpha value is -3.02. The number of carbonyl (C=O) groups excluding carboxylic acids is 1. The van der Waals surface area contributed by atoms with E-state index in [4.69, 9.17) is 14.2 Å². The minimum absolute atomic E-state index is 0.109. The SMILES string of the molecule is CCc1ccc(OCC(=O)N/N=C\c2ccc(OC)cc2OC)cc1. The summed E-state index contributed by atoms with van der Waals surface area (Å²) in [5.74, 6) is 1.58. The molecule has 0 heterocycles. The van der Waals surface area contributed by atoms with Gasteiger partial charge in [-0.05, 0) is 36.2 Å². The van der Waals surface area contributed by atoms with Crippen molar-refractivity contribution in [2.75, 3.05) is 20.8 Å². The van der Waals surface area contributed by atoms with Gasteiger partial charge in [0.2, 0.25) is 0 Å². The van der Waals surface area contributed by atoms with Gasteiger partial charge in [0.15, 0.2) is 6.61 Å². The first-order valence-electron chi connectivity index (χ1n) is 7.92. The summed E-state index contributed by atoms with van der Waals surface area (Å²) in [6.07, 6.45) is 2.47. The number of aryl methyl sites for hydroxylation is 1. The van der Waals surface area contributed by atoms with Crippen LogP contribution in [0.25, 0.3) is 0 Å². The maximum absolute atomic E-state index is 11.8. The van der Waals surface area contributed by atoms with E-state index in [-0.39, 0.29) is 12.5 Å². The number of nitrogens with one attached hydrogen (secondary N) is 1. The molecule has 0 unspecified atom stereocenters. The van der Waals surface area contributed by atoms with Crippen molar-refractivity contribution in [2.24, 2.45) is 5.10 Å². The number of hydrazone groups is 1. The molecule has 6 heteroatoms. The van der Waals surface area contributed by atoms with Crippen LogP contribution in [0.5, 0.6) is 17.2 Å². The number of methoxy groups -OCH3 is 2. The number of ether oxygens (including phenoxy) is 3. The minimum atomic E-state index is -0.344. The number of nitrogens with zero attached hydrogens (tertiary/aromatic N) is 1. The molecule has 0 spiro atoms. The molecule has 0 aromatic heterocycles. The van der Waals surface area contributed by atoms with E-state index in [1.54, 1.807) is 32.4 Å². The van der Waals surface area contributed by atoms with Crippen LogP contribution < -0.4 is 19.6 Å². The largest absolute Gasteiger partial charge is 0.497 e. The quantitative estimate of drug-likeness (QED) is 0.592. The number of hydrogen-bond acceptors (Lipinski definition) is 5. The van der Waals surface area contributed by atoms with Gasteiger partial charge in [0.05, 0.1) is 20.4 Å². The Bertz CT molecular complexity index is 727. The van der Waals surface area contributed by atoms with Gasteiger partial charge >= 0.3 is 0 Å². The zero-order valence-corrected chi connectivity index (χ0v) is 14.6. The lowest BCUT2D eigenvalue weighted by Gasteiger charge is -2.07. The molecule has 132 valence electrons. The van der Waals surface area contributed by atoms with Crippen LogP contribution in [0.15, 0.2) is 47.6 Å². The van der Waals surface area contributed by atoms with Crippen molar-refractivity contribution in [3.63, 3.8) is 0 Å². The zero-order chi connectivity index (χ0) is 18.1. The van der Waals surface area contributed by atoms with Crippen LogP contribution in [0.3, 0.4) is 0 Å². The number of benzene rings is 2. The highest BCUT2D eigenvalue weighted by Gasteiger charge is 2.04. The van der Waals surface area contributed by atoms with Crippen LogP contribution in [0.1, 0.15) is 18.1 Å². The molecule has 0 fully saturated rings. The van der Waals surface area contributed by atoms with Gasteiger partial charge in [0.25, 0.3) is 5.91 Å². The Morgan fingerprint density at radius 2 is 1.80 bits per heavy atom. The number of carbonyl (C=O) groups is 1. The van der Waals surface area contributed by atoms with Crippen LogP contribution in [0.2, 0.25) is 0 Å². The molecule has 0 bridgehead atoms. The maximum atomic E-state index is 11.8. The van der Waals surface area contributed by atoms with Crippen LogP contribution in [-0.4, -0.2) is 32.9 Å². The number of amides is 1. The van der Waals surface area contributed by atoms with E-state index in [2.05, 4.69) is 17.5 Å². The lowest BCUT2D eigenvalue weighted by atomic mass is 10.2. The van der Waals surface area contributed by atoms with Crippen molar-refractivity contribution in [3.8, 4) is 17.2 Å². The molecule has 2 aromatic carbocycles. The van der Waals surface area contributed by atoms with Gasteiger partial charge in [-0.1, -0.05) is 19.1 Å². The molecule has 6 nitrogen and oxygen atoms in total. The van der Waals surface area contributed by atoms with Gasteiger partial charge < -0.3 is 14.2 Å². The summed E-state index contributed by atoms with van der Waals surface area (Å²) in [6.45, 7) is 1.97. The van der Waals surface area contributed by atoms with E-state index >= 15 is 0 Å². The van der Waals surface area contributed by atoms with Gasteiger partial charge in [0, 0.05) is 11.6 Å². The average molecular weight is 342 g/mol. The van der Waals surface area contributed by atoms with Crippen molar-refractivity contribution >= 4 is 12.1 Å². The summed E-state index contributed by atoms with van der Waals surface area (Å²) in [4.78, 5) is 11.8. The molecule has 0 aliphatic heterocycles. The minimum Gasteiger partial charge on any atom is -0.497 e. The van der Waals surface area contributed by atoms with Gasteiger partial charge in [0.1, 0.15) is 17.2 Å². The standard InChI is InChI=1S/C19H22N2O4/c1-4-14-5-8-16(9-6-14)25-13-19(22)21-20-12-15-7-10-17(23-2)11-18(15)24-3/h5-12H,4,13H2,1-3H3,(H,21,22)/b20-12-. The second kappa shape index (κ2) is 9.32. The van der Waals surface area contributed by atoms with Crippen molar-refractivity contribution in [1.29, 1.82) is 0 Å². The molecule has 0 aliphatic carbocycles. The van der Waals surface area contributed by atoms with E-state index < -0.39 is 0 Å². The highest BCUT2D eigenvalue weighted by atomic mass is 16.5. The summed E-state index contributed by atoms with van der Waals surface area (Å²) in [6, 6.07) is 13.0. The topological polar surface area (TPSA) is 69.2 Å². The van der Waals surface area contributed by atoms with Gasteiger partial charge in [-0.25, -0.2) is 5.43 Å². The van der Waals surface area contributed by atoms with Gasteiger partial charge in [-0.2, -0.15) is 5.10 Å². The third kappa shape index (κ3) is 5.53. The monoisotopic (exact) mass is 342 g/mol. The van der Waals surface area contributed by atoms with Crippen molar-refractivity contribution in [3.05, 3.63) is 53.6 Å². The first kappa shape index (κ1) is 18.3. The molecule has 0 saturated heterocycles. The highest BCUT2D eigenvalue weighted by molar-refractivity contribution is 5.85. The van der Waals surface area contributed by atoms with Gasteiger partial charge in [-0.15, -0.1) is 0 Å². The maximum Gasteiger partial charge on any atom is 0.277 e. The third-order valence-electron chi connectivity index (χ3n) is 3.54. The molecule has 0 saturated carbocycles. The van der Waals surface area contributed by atoms with Gasteiger partial charge in [-0.3, -0.25) is 4.79 Å². The number of rotatable bonds is 8. The average Bonchev–Trinajstić information content (AvgIpc) is 2.66. The normalized spacial score (nSPS) is 10.5. The summed E-state index contributed by atoms with van der Waals surface area (Å²) >= 11 is 0. The first-order chi connectivity index (χ1) is 12.2. The van der Waals surface area contributed by atoms with E-state index in [9.17, 15) is 4.79 Å². The molecule has 0 aliphatic rings. The molecule has 1 N–H and O–H groups in total. The molecular formula is C19H22N2O4. The van der Waals surface area contributed by atoms with E-state index in [0.717, 1.165) is 12.0 Å². The molecule has 0 atom stereocenters. The lowest BCUT2D eigenvalue weighted by Crippen LogP contribution is -2.24.